The number of hydrogen-bond donors (Lipinski definition) is 3. The van der Waals surface area contributed by atoms with Crippen LogP contribution < -0.4 is 10.2 Å². The summed E-state index contributed by atoms with van der Waals surface area (Å²) in [6.45, 7) is 1.86. The molecule has 2 amide bonds. The van der Waals surface area contributed by atoms with Crippen LogP contribution in [0.25, 0.3) is 10.8 Å². The number of carbonyl (C=O) groups is 4. The number of nitrogens with zero attached hydrogens (tertiary/aromatic N) is 2. The Morgan fingerprint density at radius 2 is 1.51 bits per heavy atom. The summed E-state index contributed by atoms with van der Waals surface area (Å²) in [4.78, 5) is 50.2. The van der Waals surface area contributed by atoms with Crippen LogP contribution in [0.1, 0.15) is 33.2 Å². The minimum atomic E-state index is -1.11. The van der Waals surface area contributed by atoms with Gasteiger partial charge in [-0.2, -0.15) is 0 Å². The van der Waals surface area contributed by atoms with Crippen LogP contribution in [0.15, 0.2) is 54.6 Å². The molecule has 0 saturated carbocycles. The molecule has 0 bridgehead atoms. The van der Waals surface area contributed by atoms with Gasteiger partial charge in [0.15, 0.2) is 0 Å². The molecule has 4 rings (SSSR count). The van der Waals surface area contributed by atoms with Gasteiger partial charge in [0.2, 0.25) is 0 Å². The molecule has 0 aromatic heterocycles. The molecule has 1 heterocycles. The van der Waals surface area contributed by atoms with Crippen LogP contribution in [0.3, 0.4) is 0 Å². The maximum absolute atomic E-state index is 12.8. The Morgan fingerprint density at radius 3 is 2.11 bits per heavy atom. The summed E-state index contributed by atoms with van der Waals surface area (Å²) in [6.07, 6.45) is 0.655. The van der Waals surface area contributed by atoms with E-state index in [1.54, 1.807) is 31.2 Å². The van der Waals surface area contributed by atoms with Crippen molar-refractivity contribution in [1.82, 2.24) is 4.90 Å². The fourth-order valence-electron chi connectivity index (χ4n) is 4.37. The smallest absolute Gasteiger partial charge is 0.323 e. The number of carboxylic acids is 2. The van der Waals surface area contributed by atoms with E-state index in [-0.39, 0.29) is 11.8 Å². The maximum atomic E-state index is 12.8. The lowest BCUT2D eigenvalue weighted by Crippen LogP contribution is -2.40. The van der Waals surface area contributed by atoms with E-state index in [0.29, 0.717) is 41.7 Å². The number of rotatable bonds is 10. The second kappa shape index (κ2) is 9.84. The molecule has 0 fully saturated rings. The number of imide groups is 1. The quantitative estimate of drug-likeness (QED) is 0.382. The van der Waals surface area contributed by atoms with E-state index in [1.807, 2.05) is 30.3 Å². The second-order valence-electron chi connectivity index (χ2n) is 8.23. The predicted molar refractivity (Wildman–Crippen MR) is 131 cm³/mol. The second-order valence-corrected chi connectivity index (χ2v) is 8.23. The van der Waals surface area contributed by atoms with Crippen LogP contribution >= 0.6 is 0 Å². The van der Waals surface area contributed by atoms with Gasteiger partial charge in [-0.25, -0.2) is 0 Å². The third kappa shape index (κ3) is 4.79. The van der Waals surface area contributed by atoms with Crippen molar-refractivity contribution in [2.24, 2.45) is 0 Å². The standard InChI is InChI=1S/C26H25N3O6/c1-2-29-25(34)19-5-3-4-18-21(11-10-20(24(18)19)26(29)35)27-13-12-16-6-8-17(9-7-16)28(14-22(30)31)15-23(32)33/h3-11,27H,2,12-15H2,1H3,(H,30,31)(H,32,33). The normalized spacial score (nSPS) is 12.7. The van der Waals surface area contributed by atoms with Gasteiger partial charge in [0, 0.05) is 46.4 Å². The number of carbonyl (C=O) groups excluding carboxylic acids is 2. The summed E-state index contributed by atoms with van der Waals surface area (Å²) in [5, 5.41) is 22.9. The number of benzene rings is 3. The molecule has 0 saturated heterocycles. The average Bonchev–Trinajstić information content (AvgIpc) is 2.83. The maximum Gasteiger partial charge on any atom is 0.323 e. The van der Waals surface area contributed by atoms with Crippen molar-refractivity contribution in [2.45, 2.75) is 13.3 Å². The largest absolute Gasteiger partial charge is 0.480 e. The highest BCUT2D eigenvalue weighted by Gasteiger charge is 2.32. The number of carboxylic acid groups (broad SMARTS) is 2. The number of nitrogens with one attached hydrogen (secondary N) is 1. The third-order valence-electron chi connectivity index (χ3n) is 5.99. The molecule has 3 aromatic carbocycles. The van der Waals surface area contributed by atoms with Crippen molar-refractivity contribution in [1.29, 1.82) is 0 Å². The van der Waals surface area contributed by atoms with Gasteiger partial charge in [-0.15, -0.1) is 0 Å². The zero-order chi connectivity index (χ0) is 25.1. The van der Waals surface area contributed by atoms with Crippen molar-refractivity contribution in [3.05, 3.63) is 71.3 Å². The number of amides is 2. The molecule has 35 heavy (non-hydrogen) atoms. The number of anilines is 2. The minimum Gasteiger partial charge on any atom is -0.480 e. The Morgan fingerprint density at radius 1 is 0.886 bits per heavy atom. The van der Waals surface area contributed by atoms with E-state index in [4.69, 9.17) is 10.2 Å². The van der Waals surface area contributed by atoms with Crippen molar-refractivity contribution >= 4 is 45.9 Å². The van der Waals surface area contributed by atoms with Gasteiger partial charge in [0.1, 0.15) is 13.1 Å². The molecule has 0 aliphatic carbocycles. The van der Waals surface area contributed by atoms with Crippen molar-refractivity contribution in [3.8, 4) is 0 Å². The molecule has 1 aliphatic rings. The van der Waals surface area contributed by atoms with Crippen molar-refractivity contribution in [2.75, 3.05) is 36.4 Å². The van der Waals surface area contributed by atoms with Crippen molar-refractivity contribution in [3.63, 3.8) is 0 Å². The highest BCUT2D eigenvalue weighted by atomic mass is 16.4. The summed E-state index contributed by atoms with van der Waals surface area (Å²) < 4.78 is 0. The summed E-state index contributed by atoms with van der Waals surface area (Å²) in [6, 6.07) is 16.1. The average molecular weight is 476 g/mol. The Kier molecular flexibility index (Phi) is 6.68. The first kappa shape index (κ1) is 23.7. The van der Waals surface area contributed by atoms with E-state index in [0.717, 1.165) is 16.6 Å². The molecule has 0 unspecified atom stereocenters. The van der Waals surface area contributed by atoms with Gasteiger partial charge in [0.05, 0.1) is 0 Å². The molecule has 1 aliphatic heterocycles. The molecule has 3 aromatic rings. The van der Waals surface area contributed by atoms with Crippen LogP contribution in [0.2, 0.25) is 0 Å². The Balaban J connectivity index is 1.48. The zero-order valence-electron chi connectivity index (χ0n) is 19.2. The van der Waals surface area contributed by atoms with Crippen LogP contribution in [-0.2, 0) is 16.0 Å². The lowest BCUT2D eigenvalue weighted by Gasteiger charge is -2.26. The van der Waals surface area contributed by atoms with E-state index in [1.165, 1.54) is 9.80 Å². The summed E-state index contributed by atoms with van der Waals surface area (Å²) in [7, 11) is 0. The van der Waals surface area contributed by atoms with Gasteiger partial charge in [-0.3, -0.25) is 24.1 Å². The lowest BCUT2D eigenvalue weighted by atomic mass is 9.93. The number of aliphatic carboxylic acids is 2. The Labute approximate surface area is 201 Å². The van der Waals surface area contributed by atoms with E-state index in [9.17, 15) is 19.2 Å². The van der Waals surface area contributed by atoms with Crippen LogP contribution in [0.4, 0.5) is 11.4 Å². The van der Waals surface area contributed by atoms with Crippen LogP contribution in [-0.4, -0.2) is 65.0 Å². The third-order valence-corrected chi connectivity index (χ3v) is 5.99. The molecule has 0 radical (unpaired) electrons. The van der Waals surface area contributed by atoms with Crippen LogP contribution in [0, 0.1) is 0 Å². The monoisotopic (exact) mass is 475 g/mol. The van der Waals surface area contributed by atoms with E-state index < -0.39 is 25.0 Å². The topological polar surface area (TPSA) is 127 Å². The van der Waals surface area contributed by atoms with Crippen LogP contribution in [0.5, 0.6) is 0 Å². The molecule has 9 heteroatoms. The van der Waals surface area contributed by atoms with Crippen molar-refractivity contribution < 1.29 is 29.4 Å². The molecule has 9 nitrogen and oxygen atoms in total. The highest BCUT2D eigenvalue weighted by Crippen LogP contribution is 2.34. The van der Waals surface area contributed by atoms with Gasteiger partial charge in [-0.05, 0) is 49.2 Å². The van der Waals surface area contributed by atoms with E-state index in [2.05, 4.69) is 5.32 Å². The number of hydrogen-bond acceptors (Lipinski definition) is 6. The lowest BCUT2D eigenvalue weighted by molar-refractivity contribution is -0.136. The summed E-state index contributed by atoms with van der Waals surface area (Å²) >= 11 is 0. The molecule has 180 valence electrons. The minimum absolute atomic E-state index is 0.285. The zero-order valence-corrected chi connectivity index (χ0v) is 19.2. The predicted octanol–water partition coefficient (Wildman–Crippen LogP) is 3.09. The van der Waals surface area contributed by atoms with Gasteiger partial charge in [0.25, 0.3) is 11.8 Å². The molecule has 3 N–H and O–H groups in total. The molecule has 0 atom stereocenters. The fraction of sp³-hybridized carbons (Fsp3) is 0.231. The molecular weight excluding hydrogens is 450 g/mol. The molecular formula is C26H25N3O6. The van der Waals surface area contributed by atoms with Gasteiger partial charge in [-0.1, -0.05) is 24.3 Å². The Hall–Kier alpha value is -4.40. The van der Waals surface area contributed by atoms with Gasteiger partial charge < -0.3 is 20.4 Å². The first-order valence-corrected chi connectivity index (χ1v) is 11.2. The highest BCUT2D eigenvalue weighted by molar-refractivity contribution is 6.26. The molecule has 0 spiro atoms. The summed E-state index contributed by atoms with van der Waals surface area (Å²) in [5.74, 6) is -2.78. The summed E-state index contributed by atoms with van der Waals surface area (Å²) in [5.41, 5.74) is 3.36. The SMILES string of the molecule is CCN1C(=O)c2cccc3c(NCCc4ccc(N(CC(=O)O)CC(=O)O)cc4)ccc(c23)C1=O. The Bertz CT molecular complexity index is 1280. The van der Waals surface area contributed by atoms with Gasteiger partial charge >= 0.3 is 11.9 Å². The fourth-order valence-corrected chi connectivity index (χ4v) is 4.37. The van der Waals surface area contributed by atoms with E-state index >= 15 is 0 Å². The first-order valence-electron chi connectivity index (χ1n) is 11.2. The first-order chi connectivity index (χ1) is 16.8.